The van der Waals surface area contributed by atoms with E-state index in [0.29, 0.717) is 0 Å². The van der Waals surface area contributed by atoms with Gasteiger partial charge >= 0.3 is 5.97 Å². The molecule has 0 unspecified atom stereocenters. The molecule has 1 aromatic heterocycles. The number of hydrogen-bond acceptors (Lipinski definition) is 5. The van der Waals surface area contributed by atoms with Gasteiger partial charge in [0, 0.05) is 19.2 Å². The highest BCUT2D eigenvalue weighted by Gasteiger charge is 2.22. The van der Waals surface area contributed by atoms with Gasteiger partial charge in [0.25, 0.3) is 0 Å². The molecule has 0 fully saturated rings. The summed E-state index contributed by atoms with van der Waals surface area (Å²) in [4.78, 5) is 15.2. The SMILES string of the molecule is COC(=O)c1ccc(F)c(-c2c(F)cc(OCC(C)(C)OC)cc2F)n1. The van der Waals surface area contributed by atoms with E-state index >= 15 is 0 Å². The average Bonchev–Trinajstić information content (AvgIpc) is 2.60. The zero-order chi connectivity index (χ0) is 19.5. The molecule has 0 radical (unpaired) electrons. The zero-order valence-electron chi connectivity index (χ0n) is 14.7. The molecule has 26 heavy (non-hydrogen) atoms. The Morgan fingerprint density at radius 2 is 1.69 bits per heavy atom. The van der Waals surface area contributed by atoms with Crippen LogP contribution >= 0.6 is 0 Å². The van der Waals surface area contributed by atoms with Crippen molar-refractivity contribution in [1.29, 1.82) is 0 Å². The quantitative estimate of drug-likeness (QED) is 0.726. The molecular weight excluding hydrogens is 351 g/mol. The fourth-order valence-corrected chi connectivity index (χ4v) is 2.01. The lowest BCUT2D eigenvalue weighted by Gasteiger charge is -2.23. The number of carbonyl (C=O) groups is 1. The Kier molecular flexibility index (Phi) is 5.86. The van der Waals surface area contributed by atoms with Gasteiger partial charge in [-0.05, 0) is 26.0 Å². The van der Waals surface area contributed by atoms with Gasteiger partial charge in [0.15, 0.2) is 0 Å². The van der Waals surface area contributed by atoms with Crippen molar-refractivity contribution in [1.82, 2.24) is 4.98 Å². The molecule has 140 valence electrons. The molecule has 1 heterocycles. The van der Waals surface area contributed by atoms with Gasteiger partial charge in [0.05, 0.1) is 18.3 Å². The first-order valence-electron chi connectivity index (χ1n) is 7.60. The molecule has 8 heteroatoms. The molecular formula is C18H18F3NO4. The van der Waals surface area contributed by atoms with Crippen LogP contribution in [0.5, 0.6) is 5.75 Å². The Balaban J connectivity index is 2.41. The molecule has 0 aliphatic heterocycles. The fourth-order valence-electron chi connectivity index (χ4n) is 2.01. The lowest BCUT2D eigenvalue weighted by molar-refractivity contribution is -0.0148. The van der Waals surface area contributed by atoms with Crippen LogP contribution in [0.3, 0.4) is 0 Å². The standard InChI is InChI=1S/C18H18F3NO4/c1-18(2,25-4)9-26-10-7-12(20)15(13(21)8-10)16-11(19)5-6-14(22-16)17(23)24-3/h5-8H,9H2,1-4H3. The number of benzene rings is 1. The maximum absolute atomic E-state index is 14.4. The van der Waals surface area contributed by atoms with Crippen molar-refractivity contribution in [2.45, 2.75) is 19.4 Å². The number of ether oxygens (including phenoxy) is 3. The van der Waals surface area contributed by atoms with Crippen LogP contribution in [0.25, 0.3) is 11.3 Å². The van der Waals surface area contributed by atoms with Crippen LogP contribution in [-0.4, -0.2) is 37.4 Å². The second-order valence-electron chi connectivity index (χ2n) is 6.03. The van der Waals surface area contributed by atoms with Crippen molar-refractivity contribution in [2.24, 2.45) is 0 Å². The number of rotatable bonds is 6. The van der Waals surface area contributed by atoms with Gasteiger partial charge in [-0.2, -0.15) is 0 Å². The molecule has 0 aliphatic rings. The molecule has 0 saturated carbocycles. The fraction of sp³-hybridized carbons (Fsp3) is 0.333. The van der Waals surface area contributed by atoms with Gasteiger partial charge in [0.2, 0.25) is 0 Å². The molecule has 0 amide bonds. The van der Waals surface area contributed by atoms with E-state index in [1.54, 1.807) is 13.8 Å². The van der Waals surface area contributed by atoms with Crippen molar-refractivity contribution < 1.29 is 32.2 Å². The average molecular weight is 369 g/mol. The maximum atomic E-state index is 14.4. The number of nitrogens with zero attached hydrogens (tertiary/aromatic N) is 1. The normalized spacial score (nSPS) is 11.3. The number of pyridine rings is 1. The first kappa shape index (κ1) is 19.7. The van der Waals surface area contributed by atoms with Crippen LogP contribution in [0.2, 0.25) is 0 Å². The summed E-state index contributed by atoms with van der Waals surface area (Å²) in [6, 6.07) is 3.77. The van der Waals surface area contributed by atoms with Crippen molar-refractivity contribution in [3.05, 3.63) is 47.4 Å². The van der Waals surface area contributed by atoms with Crippen molar-refractivity contribution in [3.8, 4) is 17.0 Å². The monoisotopic (exact) mass is 369 g/mol. The summed E-state index contributed by atoms with van der Waals surface area (Å²) in [6.07, 6.45) is 0. The molecule has 0 N–H and O–H groups in total. The summed E-state index contributed by atoms with van der Waals surface area (Å²) < 4.78 is 57.8. The van der Waals surface area contributed by atoms with E-state index in [1.807, 2.05) is 0 Å². The topological polar surface area (TPSA) is 57.7 Å². The molecule has 2 aromatic rings. The minimum Gasteiger partial charge on any atom is -0.490 e. The lowest BCUT2D eigenvalue weighted by Crippen LogP contribution is -2.30. The lowest BCUT2D eigenvalue weighted by atomic mass is 10.1. The Bertz CT molecular complexity index is 801. The van der Waals surface area contributed by atoms with E-state index < -0.39 is 40.3 Å². The smallest absolute Gasteiger partial charge is 0.356 e. The van der Waals surface area contributed by atoms with Crippen LogP contribution in [0.1, 0.15) is 24.3 Å². The highest BCUT2D eigenvalue weighted by Crippen LogP contribution is 2.31. The maximum Gasteiger partial charge on any atom is 0.356 e. The predicted octanol–water partition coefficient (Wildman–Crippen LogP) is 3.76. The van der Waals surface area contributed by atoms with Gasteiger partial charge in [-0.1, -0.05) is 0 Å². The van der Waals surface area contributed by atoms with Crippen LogP contribution in [0, 0.1) is 17.5 Å². The van der Waals surface area contributed by atoms with E-state index in [0.717, 1.165) is 31.4 Å². The number of methoxy groups -OCH3 is 2. The number of esters is 1. The summed E-state index contributed by atoms with van der Waals surface area (Å²) in [5, 5.41) is 0. The van der Waals surface area contributed by atoms with Crippen molar-refractivity contribution in [2.75, 3.05) is 20.8 Å². The summed E-state index contributed by atoms with van der Waals surface area (Å²) in [5.41, 5.74) is -2.27. The van der Waals surface area contributed by atoms with E-state index in [2.05, 4.69) is 9.72 Å². The minimum atomic E-state index is -1.08. The van der Waals surface area contributed by atoms with Gasteiger partial charge in [-0.3, -0.25) is 0 Å². The number of halogens is 3. The first-order chi connectivity index (χ1) is 12.2. The summed E-state index contributed by atoms with van der Waals surface area (Å²) >= 11 is 0. The molecule has 5 nitrogen and oxygen atoms in total. The van der Waals surface area contributed by atoms with Crippen LogP contribution in [-0.2, 0) is 9.47 Å². The molecule has 0 saturated heterocycles. The third-order valence-corrected chi connectivity index (χ3v) is 3.63. The Morgan fingerprint density at radius 3 is 2.23 bits per heavy atom. The number of aromatic nitrogens is 1. The third-order valence-electron chi connectivity index (χ3n) is 3.63. The Labute approximate surface area is 148 Å². The van der Waals surface area contributed by atoms with Crippen molar-refractivity contribution in [3.63, 3.8) is 0 Å². The van der Waals surface area contributed by atoms with E-state index in [-0.39, 0.29) is 18.1 Å². The van der Waals surface area contributed by atoms with E-state index in [1.165, 1.54) is 7.11 Å². The van der Waals surface area contributed by atoms with E-state index in [9.17, 15) is 18.0 Å². The van der Waals surface area contributed by atoms with Gasteiger partial charge in [-0.15, -0.1) is 0 Å². The highest BCUT2D eigenvalue weighted by atomic mass is 19.1. The summed E-state index contributed by atoms with van der Waals surface area (Å²) in [5.74, 6) is -4.08. The van der Waals surface area contributed by atoms with Gasteiger partial charge in [0.1, 0.15) is 41.2 Å². The third kappa shape index (κ3) is 4.32. The number of hydrogen-bond donors (Lipinski definition) is 0. The van der Waals surface area contributed by atoms with Crippen LogP contribution in [0.4, 0.5) is 13.2 Å². The van der Waals surface area contributed by atoms with Gasteiger partial charge in [-0.25, -0.2) is 22.9 Å². The molecule has 0 atom stereocenters. The second-order valence-corrected chi connectivity index (χ2v) is 6.03. The highest BCUT2D eigenvalue weighted by molar-refractivity contribution is 5.87. The van der Waals surface area contributed by atoms with E-state index in [4.69, 9.17) is 9.47 Å². The first-order valence-corrected chi connectivity index (χ1v) is 7.60. The molecule has 0 bridgehead atoms. The largest absolute Gasteiger partial charge is 0.490 e. The summed E-state index contributed by atoms with van der Waals surface area (Å²) in [7, 11) is 2.60. The molecule has 2 rings (SSSR count). The molecule has 1 aromatic carbocycles. The molecule has 0 aliphatic carbocycles. The summed E-state index contributed by atoms with van der Waals surface area (Å²) in [6.45, 7) is 3.53. The second kappa shape index (κ2) is 7.74. The zero-order valence-corrected chi connectivity index (χ0v) is 14.7. The van der Waals surface area contributed by atoms with Crippen LogP contribution in [0.15, 0.2) is 24.3 Å². The predicted molar refractivity (Wildman–Crippen MR) is 87.5 cm³/mol. The minimum absolute atomic E-state index is 0.0478. The Morgan fingerprint density at radius 1 is 1.08 bits per heavy atom. The number of carbonyl (C=O) groups excluding carboxylic acids is 1. The van der Waals surface area contributed by atoms with Gasteiger partial charge < -0.3 is 14.2 Å². The van der Waals surface area contributed by atoms with Crippen molar-refractivity contribution >= 4 is 5.97 Å². The van der Waals surface area contributed by atoms with Crippen LogP contribution < -0.4 is 4.74 Å². The molecule has 0 spiro atoms. The Hall–Kier alpha value is -2.61.